The maximum absolute atomic E-state index is 10.4. The van der Waals surface area contributed by atoms with Gasteiger partial charge >= 0.3 is 0 Å². The molecule has 0 aromatic heterocycles. The number of Topliss-reactive ketones (excluding diaryl/α,β-unsaturated/α-hetero) is 1. The van der Waals surface area contributed by atoms with Gasteiger partial charge in [-0.3, -0.25) is 10.5 Å². The standard InChI is InChI=1S/C5H5N3O/c1-4(9)5(8,2-6)3-7/h8H2,1H3. The fourth-order valence-corrected chi connectivity index (χ4v) is 0.182. The molecule has 2 N–H and O–H groups in total. The van der Waals surface area contributed by atoms with E-state index in [1.54, 1.807) is 0 Å². The summed E-state index contributed by atoms with van der Waals surface area (Å²) < 4.78 is 0. The van der Waals surface area contributed by atoms with Crippen molar-refractivity contribution < 1.29 is 4.79 Å². The topological polar surface area (TPSA) is 90.7 Å². The first-order chi connectivity index (χ1) is 4.06. The number of ketones is 1. The highest BCUT2D eigenvalue weighted by Crippen LogP contribution is 1.96. The molecule has 9 heavy (non-hydrogen) atoms. The summed E-state index contributed by atoms with van der Waals surface area (Å²) >= 11 is 0. The van der Waals surface area contributed by atoms with Crippen molar-refractivity contribution >= 4 is 5.78 Å². The molecule has 0 aliphatic heterocycles. The van der Waals surface area contributed by atoms with Crippen molar-refractivity contribution in [1.82, 2.24) is 0 Å². The van der Waals surface area contributed by atoms with Crippen molar-refractivity contribution in [2.24, 2.45) is 5.73 Å². The van der Waals surface area contributed by atoms with Crippen LogP contribution in [0.4, 0.5) is 0 Å². The normalized spacial score (nSPS) is 9.33. The summed E-state index contributed by atoms with van der Waals surface area (Å²) in [6.07, 6.45) is 0. The second kappa shape index (κ2) is 2.25. The molecule has 0 fully saturated rings. The Labute approximate surface area is 52.5 Å². The Kier molecular flexibility index (Phi) is 1.90. The fraction of sp³-hybridized carbons (Fsp3) is 0.400. The summed E-state index contributed by atoms with van der Waals surface area (Å²) in [4.78, 5) is 10.4. The van der Waals surface area contributed by atoms with Gasteiger partial charge in [-0.1, -0.05) is 0 Å². The summed E-state index contributed by atoms with van der Waals surface area (Å²) in [5.41, 5.74) is 3.02. The number of carbonyl (C=O) groups is 1. The third-order valence-corrected chi connectivity index (χ3v) is 0.908. The van der Waals surface area contributed by atoms with Crippen molar-refractivity contribution in [3.8, 4) is 12.1 Å². The molecule has 0 atom stereocenters. The zero-order chi connectivity index (χ0) is 7.49. The molecule has 0 spiro atoms. The second-order valence-electron chi connectivity index (χ2n) is 1.59. The molecule has 0 radical (unpaired) electrons. The van der Waals surface area contributed by atoms with E-state index >= 15 is 0 Å². The van der Waals surface area contributed by atoms with Crippen LogP contribution in [0.1, 0.15) is 6.92 Å². The fourth-order valence-electron chi connectivity index (χ4n) is 0.182. The lowest BCUT2D eigenvalue weighted by Gasteiger charge is -2.04. The van der Waals surface area contributed by atoms with Gasteiger partial charge in [0.25, 0.3) is 0 Å². The molecule has 4 nitrogen and oxygen atoms in total. The lowest BCUT2D eigenvalue weighted by molar-refractivity contribution is -0.118. The summed E-state index contributed by atoms with van der Waals surface area (Å²) in [7, 11) is 0. The molecule has 0 unspecified atom stereocenters. The van der Waals surface area contributed by atoms with E-state index in [0.29, 0.717) is 0 Å². The summed E-state index contributed by atoms with van der Waals surface area (Å²) in [5, 5.41) is 16.3. The average Bonchev–Trinajstić information content (AvgIpc) is 1.86. The first-order valence-corrected chi connectivity index (χ1v) is 2.19. The van der Waals surface area contributed by atoms with Crippen LogP contribution in [0, 0.1) is 22.7 Å². The average molecular weight is 123 g/mol. The number of hydrogen-bond acceptors (Lipinski definition) is 4. The van der Waals surface area contributed by atoms with Gasteiger partial charge in [-0.25, -0.2) is 0 Å². The molecule has 0 aliphatic rings. The van der Waals surface area contributed by atoms with E-state index in [9.17, 15) is 4.79 Å². The number of nitrogens with zero attached hydrogens (tertiary/aromatic N) is 2. The zero-order valence-electron chi connectivity index (χ0n) is 4.88. The van der Waals surface area contributed by atoms with Gasteiger partial charge in [0.1, 0.15) is 12.1 Å². The van der Waals surface area contributed by atoms with Crippen LogP contribution in [0.2, 0.25) is 0 Å². The van der Waals surface area contributed by atoms with Gasteiger partial charge in [0.05, 0.1) is 0 Å². The highest BCUT2D eigenvalue weighted by Gasteiger charge is 2.29. The van der Waals surface area contributed by atoms with E-state index in [0.717, 1.165) is 6.92 Å². The van der Waals surface area contributed by atoms with Crippen molar-refractivity contribution in [2.45, 2.75) is 12.5 Å². The molecular weight excluding hydrogens is 118 g/mol. The van der Waals surface area contributed by atoms with E-state index in [1.807, 2.05) is 0 Å². The largest absolute Gasteiger partial charge is 0.295 e. The lowest BCUT2D eigenvalue weighted by Crippen LogP contribution is -2.43. The van der Waals surface area contributed by atoms with Crippen LogP contribution in [0.15, 0.2) is 0 Å². The third kappa shape index (κ3) is 1.25. The predicted molar refractivity (Wildman–Crippen MR) is 28.8 cm³/mol. The molecule has 0 aromatic rings. The Hall–Kier alpha value is -1.39. The maximum atomic E-state index is 10.4. The van der Waals surface area contributed by atoms with Crippen molar-refractivity contribution in [2.75, 3.05) is 0 Å². The van der Waals surface area contributed by atoms with E-state index in [1.165, 1.54) is 12.1 Å². The van der Waals surface area contributed by atoms with Crippen molar-refractivity contribution in [3.63, 3.8) is 0 Å². The van der Waals surface area contributed by atoms with Gasteiger partial charge in [-0.15, -0.1) is 0 Å². The molecular formula is C5H5N3O. The molecule has 0 bridgehead atoms. The minimum Gasteiger partial charge on any atom is -0.295 e. The first kappa shape index (κ1) is 7.61. The van der Waals surface area contributed by atoms with Crippen LogP contribution in [0.3, 0.4) is 0 Å². The second-order valence-corrected chi connectivity index (χ2v) is 1.59. The summed E-state index contributed by atoms with van der Waals surface area (Å²) in [6.45, 7) is 1.10. The van der Waals surface area contributed by atoms with Gasteiger partial charge in [-0.05, 0) is 6.92 Å². The quantitative estimate of drug-likeness (QED) is 0.500. The smallest absolute Gasteiger partial charge is 0.249 e. The van der Waals surface area contributed by atoms with Crippen LogP contribution in [-0.4, -0.2) is 11.3 Å². The molecule has 4 heteroatoms. The van der Waals surface area contributed by atoms with Crippen molar-refractivity contribution in [1.29, 1.82) is 10.5 Å². The van der Waals surface area contributed by atoms with E-state index in [2.05, 4.69) is 0 Å². The SMILES string of the molecule is CC(=O)C(N)(C#N)C#N. The number of carbonyl (C=O) groups excluding carboxylic acids is 1. The Morgan fingerprint density at radius 1 is 1.56 bits per heavy atom. The highest BCUT2D eigenvalue weighted by molar-refractivity contribution is 5.92. The maximum Gasteiger partial charge on any atom is 0.249 e. The van der Waals surface area contributed by atoms with E-state index in [-0.39, 0.29) is 0 Å². The molecule has 0 aromatic carbocycles. The van der Waals surface area contributed by atoms with E-state index in [4.69, 9.17) is 16.3 Å². The Bertz CT molecular complexity index is 193. The molecule has 0 aliphatic carbocycles. The lowest BCUT2D eigenvalue weighted by atomic mass is 10.0. The zero-order valence-corrected chi connectivity index (χ0v) is 4.88. The molecule has 0 saturated carbocycles. The number of hydrogen-bond donors (Lipinski definition) is 1. The minimum absolute atomic E-state index is 0.632. The highest BCUT2D eigenvalue weighted by atomic mass is 16.1. The Morgan fingerprint density at radius 2 is 1.89 bits per heavy atom. The molecule has 0 rings (SSSR count). The van der Waals surface area contributed by atoms with Crippen LogP contribution >= 0.6 is 0 Å². The van der Waals surface area contributed by atoms with Crippen LogP contribution < -0.4 is 5.73 Å². The van der Waals surface area contributed by atoms with Crippen LogP contribution in [0.25, 0.3) is 0 Å². The molecule has 0 amide bonds. The molecule has 0 saturated heterocycles. The summed E-state index contributed by atoms with van der Waals surface area (Å²) in [5.74, 6) is -0.632. The Morgan fingerprint density at radius 3 is 1.89 bits per heavy atom. The van der Waals surface area contributed by atoms with Crippen LogP contribution in [-0.2, 0) is 4.79 Å². The minimum atomic E-state index is -1.94. The number of nitrogens with two attached hydrogens (primary N) is 1. The number of nitriles is 2. The number of rotatable bonds is 1. The first-order valence-electron chi connectivity index (χ1n) is 2.19. The summed E-state index contributed by atoms with van der Waals surface area (Å²) in [6, 6.07) is 2.79. The van der Waals surface area contributed by atoms with E-state index < -0.39 is 11.3 Å². The monoisotopic (exact) mass is 123 g/mol. The predicted octanol–water partition coefficient (Wildman–Crippen LogP) is -0.680. The third-order valence-electron chi connectivity index (χ3n) is 0.908. The molecule has 46 valence electrons. The molecule has 0 heterocycles. The van der Waals surface area contributed by atoms with Gasteiger partial charge < -0.3 is 0 Å². The van der Waals surface area contributed by atoms with Crippen molar-refractivity contribution in [3.05, 3.63) is 0 Å². The van der Waals surface area contributed by atoms with Gasteiger partial charge in [0, 0.05) is 0 Å². The van der Waals surface area contributed by atoms with Crippen LogP contribution in [0.5, 0.6) is 0 Å². The van der Waals surface area contributed by atoms with Gasteiger partial charge in [-0.2, -0.15) is 10.5 Å². The van der Waals surface area contributed by atoms with Gasteiger partial charge in [0.2, 0.25) is 5.54 Å². The Balaban J connectivity index is 4.60. The van der Waals surface area contributed by atoms with Gasteiger partial charge in [0.15, 0.2) is 5.78 Å².